The minimum absolute atomic E-state index is 0.0863. The van der Waals surface area contributed by atoms with Crippen molar-refractivity contribution in [3.63, 3.8) is 0 Å². The molecule has 0 aliphatic rings. The average Bonchev–Trinajstić information content (AvgIpc) is 2.46. The average molecular weight is 291 g/mol. The molecule has 1 unspecified atom stereocenters. The van der Waals surface area contributed by atoms with Crippen LogP contribution in [-0.4, -0.2) is 16.0 Å². The van der Waals surface area contributed by atoms with Crippen LogP contribution in [0, 0.1) is 10.1 Å². The van der Waals surface area contributed by atoms with Crippen molar-refractivity contribution in [3.8, 4) is 0 Å². The zero-order chi connectivity index (χ0) is 14.6. The van der Waals surface area contributed by atoms with Crippen LogP contribution in [0.5, 0.6) is 0 Å². The summed E-state index contributed by atoms with van der Waals surface area (Å²) in [6, 6.07) is 14.6. The number of nitrogens with zero attached hydrogens (tertiary/aromatic N) is 1. The van der Waals surface area contributed by atoms with Crippen molar-refractivity contribution in [2.75, 3.05) is 6.16 Å². The number of nitro benzene ring substituents is 1. The van der Waals surface area contributed by atoms with Crippen molar-refractivity contribution in [2.45, 2.75) is 6.42 Å². The van der Waals surface area contributed by atoms with Gasteiger partial charge in [0.1, 0.15) is 0 Å². The molecule has 20 heavy (non-hydrogen) atoms. The predicted octanol–water partition coefficient (Wildman–Crippen LogP) is 2.73. The maximum Gasteiger partial charge on any atom is 0.269 e. The maximum absolute atomic E-state index is 12.3. The summed E-state index contributed by atoms with van der Waals surface area (Å²) in [6.45, 7) is 0. The van der Waals surface area contributed by atoms with Crippen LogP contribution in [0.3, 0.4) is 0 Å². The molecule has 6 heteroatoms. The van der Waals surface area contributed by atoms with E-state index in [4.69, 9.17) is 0 Å². The molecular weight excluding hydrogens is 277 g/mol. The molecule has 0 aliphatic heterocycles. The fourth-order valence-electron chi connectivity index (χ4n) is 1.86. The van der Waals surface area contributed by atoms with E-state index in [1.807, 2.05) is 30.3 Å². The third-order valence-corrected chi connectivity index (χ3v) is 4.95. The van der Waals surface area contributed by atoms with Gasteiger partial charge in [-0.1, -0.05) is 30.3 Å². The van der Waals surface area contributed by atoms with E-state index in [1.165, 1.54) is 24.3 Å². The van der Waals surface area contributed by atoms with Gasteiger partial charge < -0.3 is 4.89 Å². The number of rotatable bonds is 5. The smallest absolute Gasteiger partial charge is 0.269 e. The summed E-state index contributed by atoms with van der Waals surface area (Å²) in [5.74, 6) is 0. The van der Waals surface area contributed by atoms with Gasteiger partial charge in [0.05, 0.1) is 4.92 Å². The SMILES string of the molecule is O=[N+]([O-])c1ccc(P(=O)(O)CCc2ccccc2)cc1. The summed E-state index contributed by atoms with van der Waals surface area (Å²) in [4.78, 5) is 20.1. The van der Waals surface area contributed by atoms with Gasteiger partial charge in [-0.15, -0.1) is 0 Å². The van der Waals surface area contributed by atoms with Crippen molar-refractivity contribution in [1.82, 2.24) is 0 Å². The van der Waals surface area contributed by atoms with Gasteiger partial charge in [0.2, 0.25) is 7.37 Å². The van der Waals surface area contributed by atoms with Gasteiger partial charge in [-0.3, -0.25) is 14.7 Å². The standard InChI is InChI=1S/C14H14NO4P/c16-15(17)13-6-8-14(9-7-13)20(18,19)11-10-12-4-2-1-3-5-12/h1-9H,10-11H2,(H,18,19). The van der Waals surface area contributed by atoms with E-state index in [0.29, 0.717) is 6.42 Å². The van der Waals surface area contributed by atoms with Gasteiger partial charge in [0, 0.05) is 23.6 Å². The molecule has 0 fully saturated rings. The Morgan fingerprint density at radius 2 is 1.65 bits per heavy atom. The Balaban J connectivity index is 2.10. The van der Waals surface area contributed by atoms with Crippen molar-refractivity contribution < 1.29 is 14.4 Å². The molecule has 2 rings (SSSR count). The lowest BCUT2D eigenvalue weighted by Crippen LogP contribution is -2.08. The highest BCUT2D eigenvalue weighted by Crippen LogP contribution is 2.40. The Bertz CT molecular complexity index is 640. The molecule has 0 radical (unpaired) electrons. The highest BCUT2D eigenvalue weighted by atomic mass is 31.2. The molecule has 1 N–H and O–H groups in total. The number of hydrogen-bond acceptors (Lipinski definition) is 3. The molecule has 2 aromatic rings. The molecule has 0 spiro atoms. The Morgan fingerprint density at radius 3 is 2.20 bits per heavy atom. The number of nitro groups is 1. The fourth-order valence-corrected chi connectivity index (χ4v) is 3.30. The number of benzene rings is 2. The van der Waals surface area contributed by atoms with E-state index in [2.05, 4.69) is 0 Å². The third-order valence-electron chi connectivity index (χ3n) is 3.01. The van der Waals surface area contributed by atoms with Crippen LogP contribution in [0.25, 0.3) is 0 Å². The molecule has 0 bridgehead atoms. The first-order valence-corrected chi connectivity index (χ1v) is 7.94. The first-order valence-electron chi connectivity index (χ1n) is 6.10. The summed E-state index contributed by atoms with van der Waals surface area (Å²) < 4.78 is 12.3. The van der Waals surface area contributed by atoms with Crippen LogP contribution < -0.4 is 5.30 Å². The number of aryl methyl sites for hydroxylation is 1. The quantitative estimate of drug-likeness (QED) is 0.522. The largest absolute Gasteiger partial charge is 0.341 e. The van der Waals surface area contributed by atoms with Crippen LogP contribution in [0.15, 0.2) is 54.6 Å². The normalized spacial score (nSPS) is 13.7. The molecule has 1 atom stereocenters. The van der Waals surface area contributed by atoms with Gasteiger partial charge in [-0.2, -0.15) is 0 Å². The van der Waals surface area contributed by atoms with Crippen molar-refractivity contribution in [2.24, 2.45) is 0 Å². The summed E-state index contributed by atoms with van der Waals surface area (Å²) in [7, 11) is -3.48. The fraction of sp³-hybridized carbons (Fsp3) is 0.143. The van der Waals surface area contributed by atoms with Crippen LogP contribution >= 0.6 is 7.37 Å². The minimum Gasteiger partial charge on any atom is -0.341 e. The third kappa shape index (κ3) is 3.53. The van der Waals surface area contributed by atoms with Crippen LogP contribution in [0.4, 0.5) is 5.69 Å². The predicted molar refractivity (Wildman–Crippen MR) is 77.6 cm³/mol. The molecule has 0 saturated heterocycles. The highest BCUT2D eigenvalue weighted by molar-refractivity contribution is 7.66. The van der Waals surface area contributed by atoms with Gasteiger partial charge >= 0.3 is 0 Å². The monoisotopic (exact) mass is 291 g/mol. The van der Waals surface area contributed by atoms with Crippen molar-refractivity contribution in [3.05, 3.63) is 70.3 Å². The van der Waals surface area contributed by atoms with Crippen molar-refractivity contribution in [1.29, 1.82) is 0 Å². The molecular formula is C14H14NO4P. The Kier molecular flexibility index (Phi) is 4.32. The van der Waals surface area contributed by atoms with Gasteiger partial charge in [-0.05, 0) is 24.1 Å². The second-order valence-electron chi connectivity index (χ2n) is 4.43. The lowest BCUT2D eigenvalue weighted by Gasteiger charge is -2.11. The Labute approximate surface area is 116 Å². The first kappa shape index (κ1) is 14.4. The Hall–Kier alpha value is -1.97. The lowest BCUT2D eigenvalue weighted by molar-refractivity contribution is -0.384. The van der Waals surface area contributed by atoms with Crippen molar-refractivity contribution >= 4 is 18.4 Å². The van der Waals surface area contributed by atoms with Crippen LogP contribution in [-0.2, 0) is 11.0 Å². The minimum atomic E-state index is -3.48. The molecule has 0 aliphatic carbocycles. The molecule has 0 amide bonds. The molecule has 0 saturated carbocycles. The molecule has 104 valence electrons. The molecule has 0 aromatic heterocycles. The lowest BCUT2D eigenvalue weighted by atomic mass is 10.2. The number of hydrogen-bond donors (Lipinski definition) is 1. The molecule has 5 nitrogen and oxygen atoms in total. The van der Waals surface area contributed by atoms with Crippen LogP contribution in [0.1, 0.15) is 5.56 Å². The van der Waals surface area contributed by atoms with E-state index < -0.39 is 12.3 Å². The highest BCUT2D eigenvalue weighted by Gasteiger charge is 2.21. The summed E-state index contributed by atoms with van der Waals surface area (Å²) in [5.41, 5.74) is 0.903. The maximum atomic E-state index is 12.3. The Morgan fingerprint density at radius 1 is 1.05 bits per heavy atom. The van der Waals surface area contributed by atoms with E-state index >= 15 is 0 Å². The topological polar surface area (TPSA) is 80.4 Å². The van der Waals surface area contributed by atoms with Gasteiger partial charge in [0.15, 0.2) is 0 Å². The molecule has 0 heterocycles. The zero-order valence-electron chi connectivity index (χ0n) is 10.7. The van der Waals surface area contributed by atoms with Gasteiger partial charge in [-0.25, -0.2) is 0 Å². The van der Waals surface area contributed by atoms with E-state index in [0.717, 1.165) is 5.56 Å². The van der Waals surface area contributed by atoms with Gasteiger partial charge in [0.25, 0.3) is 5.69 Å². The second kappa shape index (κ2) is 5.99. The summed E-state index contributed by atoms with van der Waals surface area (Å²) in [6.07, 6.45) is 0.612. The van der Waals surface area contributed by atoms with E-state index in [-0.39, 0.29) is 17.2 Å². The van der Waals surface area contributed by atoms with E-state index in [1.54, 1.807) is 0 Å². The summed E-state index contributed by atoms with van der Waals surface area (Å²) >= 11 is 0. The van der Waals surface area contributed by atoms with E-state index in [9.17, 15) is 19.6 Å². The first-order chi connectivity index (χ1) is 9.49. The molecule has 2 aromatic carbocycles. The second-order valence-corrected chi connectivity index (χ2v) is 6.80. The zero-order valence-corrected chi connectivity index (χ0v) is 11.6. The van der Waals surface area contributed by atoms with Crippen LogP contribution in [0.2, 0.25) is 0 Å². The summed E-state index contributed by atoms with van der Waals surface area (Å²) in [5, 5.41) is 10.8. The number of non-ortho nitro benzene ring substituents is 1.